The van der Waals surface area contributed by atoms with E-state index in [2.05, 4.69) is 16.3 Å². The summed E-state index contributed by atoms with van der Waals surface area (Å²) in [5, 5.41) is 22.8. The van der Waals surface area contributed by atoms with Crippen LogP contribution in [0, 0.1) is 25.2 Å². The number of carbonyl (C=O) groups excluding carboxylic acids is 1. The van der Waals surface area contributed by atoms with Gasteiger partial charge < -0.3 is 24.0 Å². The largest absolute Gasteiger partial charge is 0.480 e. The van der Waals surface area contributed by atoms with E-state index in [1.54, 1.807) is 11.0 Å². The van der Waals surface area contributed by atoms with Crippen LogP contribution in [0.4, 0.5) is 8.78 Å². The van der Waals surface area contributed by atoms with Crippen LogP contribution in [-0.2, 0) is 22.7 Å². The summed E-state index contributed by atoms with van der Waals surface area (Å²) in [5.41, 5.74) is 8.41. The van der Waals surface area contributed by atoms with Gasteiger partial charge in [0.1, 0.15) is 28.9 Å². The molecule has 6 aromatic rings. The van der Waals surface area contributed by atoms with E-state index in [-0.39, 0.29) is 29.3 Å². The van der Waals surface area contributed by atoms with Crippen LogP contribution >= 0.6 is 0 Å². The van der Waals surface area contributed by atoms with Gasteiger partial charge in [0.25, 0.3) is 0 Å². The third-order valence-corrected chi connectivity index (χ3v) is 11.6. The van der Waals surface area contributed by atoms with Gasteiger partial charge in [0.2, 0.25) is 17.7 Å². The predicted octanol–water partition coefficient (Wildman–Crippen LogP) is 7.57. The molecule has 2 N–H and O–H groups in total. The average molecular weight is 773 g/mol. The summed E-state index contributed by atoms with van der Waals surface area (Å²) in [6.07, 6.45) is 2.58. The SMILES string of the molecule is Cc1c(-c2nc3cc(CN4CCC[C@H]4C(=O)O)c(OC(F)F)cc3o2)cccc1-c1cccc(-c2nc3cc(CN4CC5(CCC(=O)N5)C4)cc(C#N)c3o2)c1C. The molecule has 3 aliphatic rings. The molecule has 3 fully saturated rings. The first-order valence-corrected chi connectivity index (χ1v) is 18.9. The fourth-order valence-electron chi connectivity index (χ4n) is 8.85. The second-order valence-electron chi connectivity index (χ2n) is 15.3. The normalized spacial score (nSPS) is 18.1. The van der Waals surface area contributed by atoms with Crippen molar-refractivity contribution in [1.29, 1.82) is 5.26 Å². The monoisotopic (exact) mass is 772 g/mol. The van der Waals surface area contributed by atoms with E-state index in [1.165, 1.54) is 6.07 Å². The Labute approximate surface area is 325 Å². The van der Waals surface area contributed by atoms with Gasteiger partial charge in [-0.25, -0.2) is 9.97 Å². The quantitative estimate of drug-likeness (QED) is 0.142. The van der Waals surface area contributed by atoms with E-state index >= 15 is 0 Å². The Hall–Kier alpha value is -6.17. The number of oxazole rings is 2. The van der Waals surface area contributed by atoms with Gasteiger partial charge in [-0.3, -0.25) is 19.4 Å². The zero-order valence-corrected chi connectivity index (χ0v) is 31.3. The van der Waals surface area contributed by atoms with Crippen LogP contribution in [0.5, 0.6) is 5.75 Å². The number of carboxylic acid groups (broad SMARTS) is 1. The zero-order valence-electron chi connectivity index (χ0n) is 31.3. The molecule has 290 valence electrons. The van der Waals surface area contributed by atoms with Crippen LogP contribution < -0.4 is 10.1 Å². The van der Waals surface area contributed by atoms with Gasteiger partial charge in [0.15, 0.2) is 11.2 Å². The first kappa shape index (κ1) is 36.5. The Morgan fingerprint density at radius 2 is 1.68 bits per heavy atom. The molecule has 14 heteroatoms. The Bertz CT molecular complexity index is 2640. The highest BCUT2D eigenvalue weighted by atomic mass is 19.3. The summed E-state index contributed by atoms with van der Waals surface area (Å²) in [5.74, 6) is -0.246. The smallest absolute Gasteiger partial charge is 0.387 e. The molecule has 3 saturated heterocycles. The van der Waals surface area contributed by atoms with E-state index in [4.69, 9.17) is 23.5 Å². The topological polar surface area (TPSA) is 158 Å². The molecule has 3 aliphatic heterocycles. The zero-order chi connectivity index (χ0) is 39.6. The summed E-state index contributed by atoms with van der Waals surface area (Å²) >= 11 is 0. The van der Waals surface area contributed by atoms with Crippen molar-refractivity contribution in [3.63, 3.8) is 0 Å². The van der Waals surface area contributed by atoms with Crippen molar-refractivity contribution in [3.8, 4) is 45.9 Å². The molecule has 4 aromatic carbocycles. The van der Waals surface area contributed by atoms with E-state index in [9.17, 15) is 28.7 Å². The van der Waals surface area contributed by atoms with E-state index in [0.717, 1.165) is 52.9 Å². The first-order chi connectivity index (χ1) is 27.5. The number of aliphatic carboxylic acids is 1. The van der Waals surface area contributed by atoms with Gasteiger partial charge >= 0.3 is 12.6 Å². The molecular formula is C43H38F2N6O6. The summed E-state index contributed by atoms with van der Waals surface area (Å²) in [6.45, 7) is 3.69. The standard InChI is InChI=1S/C43H38F2N6O6/c1-23-28(6-3-8-30(23)39-47-32-16-27(20-51-13-5-10-34(51)41(53)54)35(56-42(44)45)17-36(32)55-39)29-7-4-9-31(24(29)2)40-48-33-15-25(14-26(18-46)38(33)57-40)19-50-21-43(22-50)12-11-37(52)49-43/h3-4,6-9,14-17,34,42H,5,10-13,19-22H2,1-2H3,(H,49,52)(H,53,54)/t34-/m0/s1. The van der Waals surface area contributed by atoms with Crippen molar-refractivity contribution in [3.05, 3.63) is 88.5 Å². The number of carbonyl (C=O) groups is 2. The number of benzene rings is 4. The molecule has 2 aromatic heterocycles. The number of hydrogen-bond acceptors (Lipinski definition) is 10. The number of ether oxygens (including phenoxy) is 1. The number of rotatable bonds is 10. The van der Waals surface area contributed by atoms with Gasteiger partial charge in [-0.2, -0.15) is 14.0 Å². The number of nitriles is 1. The number of halogens is 2. The number of aromatic nitrogens is 2. The highest BCUT2D eigenvalue weighted by Gasteiger charge is 2.47. The number of nitrogens with zero attached hydrogens (tertiary/aromatic N) is 5. The van der Waals surface area contributed by atoms with Crippen molar-refractivity contribution in [1.82, 2.24) is 25.1 Å². The van der Waals surface area contributed by atoms with Gasteiger partial charge in [-0.1, -0.05) is 24.3 Å². The fraction of sp³-hybridized carbons (Fsp3) is 0.326. The molecule has 1 amide bonds. The van der Waals surface area contributed by atoms with Crippen LogP contribution in [-0.4, -0.2) is 74.6 Å². The molecule has 0 aliphatic carbocycles. The van der Waals surface area contributed by atoms with Gasteiger partial charge in [0, 0.05) is 55.4 Å². The van der Waals surface area contributed by atoms with Crippen LogP contribution in [0.15, 0.2) is 69.5 Å². The number of fused-ring (bicyclic) bond motifs is 2. The molecule has 9 rings (SSSR count). The number of amides is 1. The number of hydrogen-bond donors (Lipinski definition) is 2. The Morgan fingerprint density at radius 3 is 2.33 bits per heavy atom. The third kappa shape index (κ3) is 6.66. The minimum absolute atomic E-state index is 0.0869. The maximum absolute atomic E-state index is 13.5. The van der Waals surface area contributed by atoms with E-state index in [1.807, 2.05) is 62.4 Å². The molecular weight excluding hydrogens is 735 g/mol. The number of nitrogens with one attached hydrogen (secondary N) is 1. The summed E-state index contributed by atoms with van der Waals surface area (Å²) in [6, 6.07) is 20.0. The Kier molecular flexibility index (Phi) is 9.01. The number of alkyl halides is 2. The minimum atomic E-state index is -3.08. The Morgan fingerprint density at radius 1 is 1.00 bits per heavy atom. The van der Waals surface area contributed by atoms with E-state index in [0.29, 0.717) is 77.4 Å². The molecule has 57 heavy (non-hydrogen) atoms. The molecule has 5 heterocycles. The lowest BCUT2D eigenvalue weighted by atomic mass is 9.88. The molecule has 1 atom stereocenters. The van der Waals surface area contributed by atoms with Crippen molar-refractivity contribution in [2.24, 2.45) is 0 Å². The van der Waals surface area contributed by atoms with Crippen LogP contribution in [0.2, 0.25) is 0 Å². The van der Waals surface area contributed by atoms with Crippen LogP contribution in [0.3, 0.4) is 0 Å². The lowest BCUT2D eigenvalue weighted by molar-refractivity contribution is -0.142. The van der Waals surface area contributed by atoms with Crippen molar-refractivity contribution >= 4 is 34.1 Å². The maximum atomic E-state index is 13.5. The van der Waals surface area contributed by atoms with Crippen molar-refractivity contribution in [2.75, 3.05) is 19.6 Å². The molecule has 0 bridgehead atoms. The third-order valence-electron chi connectivity index (χ3n) is 11.6. The number of likely N-dealkylation sites (tertiary alicyclic amines) is 2. The van der Waals surface area contributed by atoms with Crippen LogP contribution in [0.25, 0.3) is 56.2 Å². The highest BCUT2D eigenvalue weighted by molar-refractivity contribution is 5.86. The molecule has 12 nitrogen and oxygen atoms in total. The van der Waals surface area contributed by atoms with E-state index < -0.39 is 18.6 Å². The first-order valence-electron chi connectivity index (χ1n) is 18.9. The van der Waals surface area contributed by atoms with Crippen molar-refractivity contribution < 1.29 is 37.0 Å². The minimum Gasteiger partial charge on any atom is -0.480 e. The summed E-state index contributed by atoms with van der Waals surface area (Å²) in [7, 11) is 0. The predicted molar refractivity (Wildman–Crippen MR) is 205 cm³/mol. The lowest BCUT2D eigenvalue weighted by Crippen LogP contribution is -2.66. The molecule has 1 spiro atoms. The molecule has 0 saturated carbocycles. The maximum Gasteiger partial charge on any atom is 0.387 e. The number of carboxylic acids is 1. The van der Waals surface area contributed by atoms with Gasteiger partial charge in [-0.15, -0.1) is 0 Å². The highest BCUT2D eigenvalue weighted by Crippen LogP contribution is 2.40. The fourth-order valence-corrected chi connectivity index (χ4v) is 8.85. The lowest BCUT2D eigenvalue weighted by Gasteiger charge is -2.48. The second kappa shape index (κ2) is 14.1. The molecule has 0 unspecified atom stereocenters. The van der Waals surface area contributed by atoms with Gasteiger partial charge in [-0.05, 0) is 97.8 Å². The Balaban J connectivity index is 1.01. The van der Waals surface area contributed by atoms with Crippen molar-refractivity contribution in [2.45, 2.75) is 70.8 Å². The second-order valence-corrected chi connectivity index (χ2v) is 15.3. The van der Waals surface area contributed by atoms with Crippen LogP contribution in [0.1, 0.15) is 53.5 Å². The average Bonchev–Trinajstić information content (AvgIpc) is 3.97. The summed E-state index contributed by atoms with van der Waals surface area (Å²) < 4.78 is 44.4. The summed E-state index contributed by atoms with van der Waals surface area (Å²) in [4.78, 5) is 37.2. The molecule has 0 radical (unpaired) electrons. The van der Waals surface area contributed by atoms with Gasteiger partial charge in [0.05, 0.1) is 11.1 Å².